The number of hydrogen-bond acceptors (Lipinski definition) is 10. The maximum Gasteiger partial charge on any atom is 0.325 e. The Labute approximate surface area is 318 Å². The van der Waals surface area contributed by atoms with Gasteiger partial charge in [-0.3, -0.25) is 24.0 Å². The Bertz CT molecular complexity index is 1430. The van der Waals surface area contributed by atoms with Gasteiger partial charge in [-0.2, -0.15) is 0 Å². The van der Waals surface area contributed by atoms with Crippen LogP contribution in [0.15, 0.2) is 91.0 Å². The number of nitrogens with one attached hydrogen (secondary N) is 3. The number of hydrogen-bond donors (Lipinski definition) is 4. The van der Waals surface area contributed by atoms with Crippen LogP contribution < -0.4 is 54.6 Å². The Morgan fingerprint density at radius 1 is 0.745 bits per heavy atom. The summed E-state index contributed by atoms with van der Waals surface area (Å²) in [5.41, 5.74) is 5.80. The molecular formula is C36H46BrN4O7PS2. The molecule has 51 heavy (non-hydrogen) atoms. The van der Waals surface area contributed by atoms with Crippen molar-refractivity contribution in [3.63, 3.8) is 0 Å². The Hall–Kier alpha value is -3.42. The largest absolute Gasteiger partial charge is 1.00 e. The first-order valence-electron chi connectivity index (χ1n) is 16.4. The standard InChI is InChI=1S/C36H45N4O7PS2.BrH/c1-3-46-34(43)24-39-35(44)31(40-32(41)21-20-30(37)36(45)47-4-2)25-49-50-26-33(42)38-22-23-48(27-14-8-5-9-15-27,28-16-10-6-11-17-28)29-18-12-7-13-19-29;/h5-19,30-31H,3-4,20-26,37H2,1-2H3,(H2-,38,39,40,41,42,44);1H/t30-,31-;/m0./s1. The Balaban J connectivity index is 0.00000901. The lowest BCUT2D eigenvalue weighted by Gasteiger charge is -2.27. The highest BCUT2D eigenvalue weighted by atomic mass is 79.9. The van der Waals surface area contributed by atoms with Gasteiger partial charge in [0.1, 0.15) is 41.8 Å². The molecule has 3 rings (SSSR count). The van der Waals surface area contributed by atoms with Gasteiger partial charge in [-0.05, 0) is 56.7 Å². The normalized spacial score (nSPS) is 12.0. The molecule has 3 aromatic carbocycles. The van der Waals surface area contributed by atoms with Crippen molar-refractivity contribution in [1.82, 2.24) is 16.0 Å². The highest BCUT2D eigenvalue weighted by molar-refractivity contribution is 8.76. The van der Waals surface area contributed by atoms with Gasteiger partial charge in [-0.25, -0.2) is 0 Å². The molecule has 276 valence electrons. The first kappa shape index (κ1) is 43.7. The molecule has 0 heterocycles. The molecule has 11 nitrogen and oxygen atoms in total. The third kappa shape index (κ3) is 14.3. The molecule has 0 aromatic heterocycles. The number of carbonyl (C=O) groups excluding carboxylic acids is 5. The second-order valence-corrected chi connectivity index (χ2v) is 17.1. The zero-order chi connectivity index (χ0) is 36.2. The fraction of sp³-hybridized carbons (Fsp3) is 0.361. The molecule has 0 saturated carbocycles. The molecule has 0 bridgehead atoms. The maximum absolute atomic E-state index is 13.0. The number of benzene rings is 3. The summed E-state index contributed by atoms with van der Waals surface area (Å²) in [6.07, 6.45) is 0.649. The maximum atomic E-state index is 13.0. The number of esters is 2. The average molecular weight is 822 g/mol. The summed E-state index contributed by atoms with van der Waals surface area (Å²) in [6, 6.07) is 29.3. The summed E-state index contributed by atoms with van der Waals surface area (Å²) in [6.45, 7) is 3.75. The van der Waals surface area contributed by atoms with E-state index in [1.54, 1.807) is 13.8 Å². The molecule has 3 amide bonds. The summed E-state index contributed by atoms with van der Waals surface area (Å²) >= 11 is 0. The zero-order valence-corrected chi connectivity index (χ0v) is 32.9. The molecule has 0 aliphatic heterocycles. The number of nitrogens with two attached hydrogens (primary N) is 1. The summed E-state index contributed by atoms with van der Waals surface area (Å²) in [4.78, 5) is 62.1. The average Bonchev–Trinajstić information content (AvgIpc) is 3.14. The van der Waals surface area contributed by atoms with Crippen LogP contribution in [-0.4, -0.2) is 85.7 Å². The van der Waals surface area contributed by atoms with Crippen LogP contribution in [0, 0.1) is 0 Å². The Morgan fingerprint density at radius 2 is 1.27 bits per heavy atom. The summed E-state index contributed by atoms with van der Waals surface area (Å²) < 4.78 is 9.74. The molecular weight excluding hydrogens is 775 g/mol. The van der Waals surface area contributed by atoms with Gasteiger partial charge in [-0.15, -0.1) is 0 Å². The van der Waals surface area contributed by atoms with Gasteiger partial charge in [0.2, 0.25) is 17.7 Å². The van der Waals surface area contributed by atoms with Crippen molar-refractivity contribution in [2.45, 2.75) is 38.8 Å². The number of amides is 3. The highest BCUT2D eigenvalue weighted by Crippen LogP contribution is 2.54. The molecule has 0 fully saturated rings. The number of ether oxygens (including phenoxy) is 2. The lowest BCUT2D eigenvalue weighted by atomic mass is 10.1. The van der Waals surface area contributed by atoms with E-state index < -0.39 is 43.1 Å². The molecule has 0 saturated heterocycles. The van der Waals surface area contributed by atoms with E-state index in [9.17, 15) is 24.0 Å². The molecule has 3 aromatic rings. The van der Waals surface area contributed by atoms with Gasteiger partial charge in [0, 0.05) is 12.2 Å². The summed E-state index contributed by atoms with van der Waals surface area (Å²) in [5.74, 6) is -2.21. The van der Waals surface area contributed by atoms with Crippen LogP contribution in [-0.2, 0) is 33.4 Å². The lowest BCUT2D eigenvalue weighted by Crippen LogP contribution is -3.00. The molecule has 0 aliphatic rings. The van der Waals surface area contributed by atoms with E-state index in [-0.39, 0.29) is 67.0 Å². The van der Waals surface area contributed by atoms with Crippen LogP contribution in [0.25, 0.3) is 0 Å². The minimum absolute atomic E-state index is 0. The molecule has 15 heteroatoms. The Morgan fingerprint density at radius 3 is 1.78 bits per heavy atom. The summed E-state index contributed by atoms with van der Waals surface area (Å²) in [7, 11) is 0.397. The van der Waals surface area contributed by atoms with Gasteiger partial charge in [0.25, 0.3) is 0 Å². The third-order valence-electron chi connectivity index (χ3n) is 7.50. The van der Waals surface area contributed by atoms with Crippen molar-refractivity contribution >= 4 is 74.4 Å². The third-order valence-corrected chi connectivity index (χ3v) is 14.2. The van der Waals surface area contributed by atoms with Gasteiger partial charge >= 0.3 is 11.9 Å². The second-order valence-electron chi connectivity index (χ2n) is 11.0. The molecule has 5 N–H and O–H groups in total. The molecule has 0 radical (unpaired) electrons. The van der Waals surface area contributed by atoms with Crippen molar-refractivity contribution in [3.8, 4) is 0 Å². The Kier molecular flexibility index (Phi) is 20.5. The van der Waals surface area contributed by atoms with E-state index in [0.717, 1.165) is 6.16 Å². The van der Waals surface area contributed by atoms with Crippen molar-refractivity contribution < 1.29 is 50.4 Å². The van der Waals surface area contributed by atoms with Gasteiger partial charge in [-0.1, -0.05) is 76.2 Å². The van der Waals surface area contributed by atoms with Crippen LogP contribution in [0.2, 0.25) is 0 Å². The van der Waals surface area contributed by atoms with Crippen molar-refractivity contribution in [3.05, 3.63) is 91.0 Å². The lowest BCUT2D eigenvalue weighted by molar-refractivity contribution is -0.145. The fourth-order valence-corrected chi connectivity index (χ4v) is 11.3. The van der Waals surface area contributed by atoms with Crippen molar-refractivity contribution in [2.24, 2.45) is 5.73 Å². The van der Waals surface area contributed by atoms with Gasteiger partial charge < -0.3 is 48.1 Å². The van der Waals surface area contributed by atoms with Crippen LogP contribution in [0.4, 0.5) is 0 Å². The van der Waals surface area contributed by atoms with Crippen molar-refractivity contribution in [1.29, 1.82) is 0 Å². The van der Waals surface area contributed by atoms with E-state index in [0.29, 0.717) is 6.54 Å². The van der Waals surface area contributed by atoms with Crippen LogP contribution >= 0.6 is 28.9 Å². The predicted octanol–water partition coefficient (Wildman–Crippen LogP) is -0.683. The van der Waals surface area contributed by atoms with Crippen LogP contribution in [0.3, 0.4) is 0 Å². The quantitative estimate of drug-likeness (QED) is 0.0469. The molecule has 2 atom stereocenters. The van der Waals surface area contributed by atoms with E-state index in [1.807, 2.05) is 54.6 Å². The first-order valence-corrected chi connectivity index (χ1v) is 20.9. The smallest absolute Gasteiger partial charge is 0.325 e. The highest BCUT2D eigenvalue weighted by Gasteiger charge is 2.44. The zero-order valence-electron chi connectivity index (χ0n) is 28.8. The molecule has 0 aliphatic carbocycles. The van der Waals surface area contributed by atoms with Crippen molar-refractivity contribution in [2.75, 3.05) is 44.0 Å². The molecule has 0 spiro atoms. The van der Waals surface area contributed by atoms with Gasteiger partial charge in [0.15, 0.2) is 0 Å². The first-order chi connectivity index (χ1) is 24.2. The fourth-order valence-electron chi connectivity index (χ4n) is 5.10. The molecule has 0 unspecified atom stereocenters. The van der Waals surface area contributed by atoms with Crippen LogP contribution in [0.5, 0.6) is 0 Å². The SMILES string of the molecule is CCOC(=O)CNC(=O)[C@H](CSSCC(=O)NCC[P+](c1ccccc1)(c1ccccc1)c1ccccc1)NC(=O)CC[C@H](N)C(=O)OCC.[Br-]. The minimum Gasteiger partial charge on any atom is -1.00 e. The number of rotatable bonds is 21. The predicted molar refractivity (Wildman–Crippen MR) is 203 cm³/mol. The van der Waals surface area contributed by atoms with E-state index >= 15 is 0 Å². The topological polar surface area (TPSA) is 166 Å². The van der Waals surface area contributed by atoms with Crippen LogP contribution in [0.1, 0.15) is 26.7 Å². The monoisotopic (exact) mass is 820 g/mol. The summed E-state index contributed by atoms with van der Waals surface area (Å²) in [5, 5.41) is 11.9. The van der Waals surface area contributed by atoms with E-state index in [1.165, 1.54) is 37.5 Å². The number of halogens is 1. The minimum atomic E-state index is -2.10. The van der Waals surface area contributed by atoms with E-state index in [4.69, 9.17) is 15.2 Å². The number of carbonyl (C=O) groups is 5. The second kappa shape index (κ2) is 23.9. The van der Waals surface area contributed by atoms with E-state index in [2.05, 4.69) is 52.3 Å². The van der Waals surface area contributed by atoms with Gasteiger partial charge in [0.05, 0.1) is 31.7 Å².